The van der Waals surface area contributed by atoms with Crippen LogP contribution < -0.4 is 9.62 Å². The summed E-state index contributed by atoms with van der Waals surface area (Å²) in [5.41, 5.74) is 3.20. The number of sulfonamides is 1. The molecule has 0 aromatic heterocycles. The maximum absolute atomic E-state index is 14.8. The number of anilines is 1. The molecule has 4 aromatic rings. The molecule has 1 saturated carbocycles. The first-order valence-electron chi connectivity index (χ1n) is 16.3. The van der Waals surface area contributed by atoms with Gasteiger partial charge in [0, 0.05) is 29.1 Å². The Balaban J connectivity index is 1.59. The van der Waals surface area contributed by atoms with E-state index < -0.39 is 28.5 Å². The lowest BCUT2D eigenvalue weighted by Gasteiger charge is -2.35. The smallest absolute Gasteiger partial charge is 0.264 e. The van der Waals surface area contributed by atoms with E-state index in [1.807, 2.05) is 49.4 Å². The fourth-order valence-electron chi connectivity index (χ4n) is 6.13. The standard InChI is InChI=1S/C38H41Cl2N3O4S/c1-27-20-22-32(23-21-27)48(46,47)43(35-19-11-18-33(39)28(35)2)26-37(44)42(25-30-14-9-10-17-34(30)40)36(24-29-12-5-3-6-13-29)38(45)41-31-15-7-4-8-16-31/h3,5-6,9-14,17-23,31,36H,4,7-8,15-16,24-26H2,1-2H3,(H,41,45). The molecule has 0 bridgehead atoms. The van der Waals surface area contributed by atoms with Crippen molar-refractivity contribution in [2.75, 3.05) is 10.8 Å². The number of amides is 2. The second kappa shape index (κ2) is 16.0. The van der Waals surface area contributed by atoms with Crippen molar-refractivity contribution in [1.29, 1.82) is 0 Å². The zero-order valence-electron chi connectivity index (χ0n) is 27.2. The number of nitrogens with one attached hydrogen (secondary N) is 1. The van der Waals surface area contributed by atoms with Crippen molar-refractivity contribution in [3.8, 4) is 0 Å². The summed E-state index contributed by atoms with van der Waals surface area (Å²) in [6.07, 6.45) is 5.17. The van der Waals surface area contributed by atoms with Crippen LogP contribution in [0, 0.1) is 13.8 Å². The van der Waals surface area contributed by atoms with E-state index in [0.29, 0.717) is 21.2 Å². The first-order chi connectivity index (χ1) is 23.0. The number of nitrogens with zero attached hydrogens (tertiary/aromatic N) is 2. The van der Waals surface area contributed by atoms with Crippen LogP contribution in [0.2, 0.25) is 10.0 Å². The lowest BCUT2D eigenvalue weighted by molar-refractivity contribution is -0.140. The van der Waals surface area contributed by atoms with Crippen LogP contribution in [-0.4, -0.2) is 43.8 Å². The SMILES string of the molecule is Cc1ccc(S(=O)(=O)N(CC(=O)N(Cc2ccccc2Cl)C(Cc2ccccc2)C(=O)NC2CCCCC2)c2cccc(Cl)c2C)cc1. The van der Waals surface area contributed by atoms with E-state index in [2.05, 4.69) is 5.32 Å². The van der Waals surface area contributed by atoms with E-state index in [0.717, 1.165) is 47.5 Å². The Hall–Kier alpha value is -3.85. The van der Waals surface area contributed by atoms with Gasteiger partial charge in [0.15, 0.2) is 0 Å². The highest BCUT2D eigenvalue weighted by molar-refractivity contribution is 7.92. The first kappa shape index (κ1) is 35.5. The van der Waals surface area contributed by atoms with Crippen LogP contribution in [0.15, 0.2) is 102 Å². The van der Waals surface area contributed by atoms with Crippen molar-refractivity contribution in [2.45, 2.75) is 75.9 Å². The molecule has 48 heavy (non-hydrogen) atoms. The molecule has 1 atom stereocenters. The topological polar surface area (TPSA) is 86.8 Å². The molecule has 1 fully saturated rings. The Morgan fingerprint density at radius 1 is 0.812 bits per heavy atom. The van der Waals surface area contributed by atoms with Gasteiger partial charge in [0.1, 0.15) is 12.6 Å². The van der Waals surface area contributed by atoms with Gasteiger partial charge in [-0.15, -0.1) is 0 Å². The maximum Gasteiger partial charge on any atom is 0.264 e. The fourth-order valence-corrected chi connectivity index (χ4v) is 7.96. The average Bonchev–Trinajstić information content (AvgIpc) is 3.08. The molecule has 5 rings (SSSR count). The molecule has 2 amide bonds. The third kappa shape index (κ3) is 8.59. The second-order valence-corrected chi connectivity index (χ2v) is 15.0. The van der Waals surface area contributed by atoms with Gasteiger partial charge >= 0.3 is 0 Å². The molecule has 1 N–H and O–H groups in total. The summed E-state index contributed by atoms with van der Waals surface area (Å²) in [6, 6.07) is 27.2. The summed E-state index contributed by atoms with van der Waals surface area (Å²) in [5, 5.41) is 4.03. The molecule has 1 aliphatic rings. The largest absolute Gasteiger partial charge is 0.352 e. The summed E-state index contributed by atoms with van der Waals surface area (Å²) < 4.78 is 29.8. The quantitative estimate of drug-likeness (QED) is 0.162. The molecule has 7 nitrogen and oxygen atoms in total. The molecule has 0 spiro atoms. The number of carbonyl (C=O) groups is 2. The van der Waals surface area contributed by atoms with E-state index in [1.54, 1.807) is 49.4 Å². The predicted octanol–water partition coefficient (Wildman–Crippen LogP) is 7.89. The summed E-state index contributed by atoms with van der Waals surface area (Å²) in [4.78, 5) is 30.5. The average molecular weight is 707 g/mol. The first-order valence-corrected chi connectivity index (χ1v) is 18.5. The summed E-state index contributed by atoms with van der Waals surface area (Å²) in [6.45, 7) is 3.03. The van der Waals surface area contributed by atoms with E-state index in [4.69, 9.17) is 23.2 Å². The number of hydrogen-bond donors (Lipinski definition) is 1. The normalized spacial score (nSPS) is 14.2. The van der Waals surface area contributed by atoms with Crippen molar-refractivity contribution < 1.29 is 18.0 Å². The summed E-state index contributed by atoms with van der Waals surface area (Å²) in [7, 11) is -4.25. The Morgan fingerprint density at radius 3 is 2.15 bits per heavy atom. The third-order valence-electron chi connectivity index (χ3n) is 8.92. The highest BCUT2D eigenvalue weighted by Gasteiger charge is 2.36. The van der Waals surface area contributed by atoms with Gasteiger partial charge in [-0.3, -0.25) is 13.9 Å². The Kier molecular flexibility index (Phi) is 11.8. The molecule has 0 aliphatic heterocycles. The minimum atomic E-state index is -4.25. The number of halogens is 2. The fraction of sp³-hybridized carbons (Fsp3) is 0.316. The number of rotatable bonds is 12. The van der Waals surface area contributed by atoms with Crippen molar-refractivity contribution in [3.05, 3.63) is 129 Å². The Labute approximate surface area is 293 Å². The minimum absolute atomic E-state index is 0.00103. The molecule has 0 radical (unpaired) electrons. The van der Waals surface area contributed by atoms with Crippen LogP contribution >= 0.6 is 23.2 Å². The maximum atomic E-state index is 14.8. The molecular weight excluding hydrogens is 665 g/mol. The number of benzene rings is 4. The van der Waals surface area contributed by atoms with E-state index in [-0.39, 0.29) is 35.5 Å². The van der Waals surface area contributed by atoms with Crippen molar-refractivity contribution in [1.82, 2.24) is 10.2 Å². The van der Waals surface area contributed by atoms with Crippen molar-refractivity contribution in [2.24, 2.45) is 0 Å². The Morgan fingerprint density at radius 2 is 1.46 bits per heavy atom. The van der Waals surface area contributed by atoms with Crippen LogP contribution in [0.4, 0.5) is 5.69 Å². The van der Waals surface area contributed by atoms with E-state index >= 15 is 0 Å². The molecule has 0 heterocycles. The van der Waals surface area contributed by atoms with Gasteiger partial charge in [-0.05, 0) is 73.7 Å². The van der Waals surface area contributed by atoms with Gasteiger partial charge < -0.3 is 10.2 Å². The van der Waals surface area contributed by atoms with Crippen LogP contribution in [0.25, 0.3) is 0 Å². The van der Waals surface area contributed by atoms with Gasteiger partial charge in [0.2, 0.25) is 11.8 Å². The summed E-state index contributed by atoms with van der Waals surface area (Å²) in [5.74, 6) is -0.831. The van der Waals surface area contributed by atoms with Gasteiger partial charge in [0.05, 0.1) is 10.6 Å². The van der Waals surface area contributed by atoms with Gasteiger partial charge in [-0.25, -0.2) is 8.42 Å². The lowest BCUT2D eigenvalue weighted by Crippen LogP contribution is -2.55. The molecule has 1 aliphatic carbocycles. The highest BCUT2D eigenvalue weighted by atomic mass is 35.5. The van der Waals surface area contributed by atoms with Gasteiger partial charge in [-0.1, -0.05) is 115 Å². The third-order valence-corrected chi connectivity index (χ3v) is 11.5. The van der Waals surface area contributed by atoms with E-state index in [1.165, 1.54) is 17.0 Å². The zero-order valence-corrected chi connectivity index (χ0v) is 29.6. The van der Waals surface area contributed by atoms with Crippen molar-refractivity contribution >= 4 is 50.7 Å². The lowest BCUT2D eigenvalue weighted by atomic mass is 9.94. The van der Waals surface area contributed by atoms with E-state index in [9.17, 15) is 18.0 Å². The number of carbonyl (C=O) groups excluding carboxylic acids is 2. The molecule has 252 valence electrons. The monoisotopic (exact) mass is 705 g/mol. The van der Waals surface area contributed by atoms with Crippen molar-refractivity contribution in [3.63, 3.8) is 0 Å². The molecule has 10 heteroatoms. The predicted molar refractivity (Wildman–Crippen MR) is 193 cm³/mol. The minimum Gasteiger partial charge on any atom is -0.352 e. The molecule has 0 saturated heterocycles. The van der Waals surface area contributed by atoms with Gasteiger partial charge in [-0.2, -0.15) is 0 Å². The van der Waals surface area contributed by atoms with Gasteiger partial charge in [0.25, 0.3) is 10.0 Å². The van der Waals surface area contributed by atoms with Crippen LogP contribution in [0.1, 0.15) is 54.4 Å². The molecule has 4 aromatic carbocycles. The summed E-state index contributed by atoms with van der Waals surface area (Å²) >= 11 is 13.1. The number of hydrogen-bond acceptors (Lipinski definition) is 4. The molecular formula is C38H41Cl2N3O4S. The van der Waals surface area contributed by atoms with Crippen LogP contribution in [0.5, 0.6) is 0 Å². The second-order valence-electron chi connectivity index (χ2n) is 12.4. The zero-order chi connectivity index (χ0) is 34.3. The van der Waals surface area contributed by atoms with Crippen LogP contribution in [0.3, 0.4) is 0 Å². The number of aryl methyl sites for hydroxylation is 1. The Bertz CT molecular complexity index is 1830. The van der Waals surface area contributed by atoms with Crippen LogP contribution in [-0.2, 0) is 32.6 Å². The highest BCUT2D eigenvalue weighted by Crippen LogP contribution is 2.32. The molecule has 1 unspecified atom stereocenters.